The van der Waals surface area contributed by atoms with Crippen LogP contribution in [0.2, 0.25) is 0 Å². The number of hydrogen-bond donors (Lipinski definition) is 0. The van der Waals surface area contributed by atoms with Crippen molar-refractivity contribution in [3.05, 3.63) is 59.7 Å². The van der Waals surface area contributed by atoms with Gasteiger partial charge in [-0.1, -0.05) is 32.0 Å². The number of benzene rings is 2. The van der Waals surface area contributed by atoms with Crippen LogP contribution in [0.1, 0.15) is 29.8 Å². The molecule has 0 aliphatic carbocycles. The Morgan fingerprint density at radius 3 is 2.25 bits per heavy atom. The van der Waals surface area contributed by atoms with Crippen LogP contribution in [-0.2, 0) is 16.4 Å². The lowest BCUT2D eigenvalue weighted by molar-refractivity contribution is 0.0638. The molecule has 0 saturated carbocycles. The van der Waals surface area contributed by atoms with Crippen LogP contribution < -0.4 is 4.74 Å². The van der Waals surface area contributed by atoms with Crippen molar-refractivity contribution in [1.29, 1.82) is 0 Å². The van der Waals surface area contributed by atoms with Crippen molar-refractivity contribution >= 4 is 15.9 Å². The van der Waals surface area contributed by atoms with Gasteiger partial charge in [0.15, 0.2) is 0 Å². The topological polar surface area (TPSA) is 70.2 Å². The molecule has 0 bridgehead atoms. The van der Waals surface area contributed by atoms with E-state index >= 15 is 0 Å². The summed E-state index contributed by atoms with van der Waals surface area (Å²) in [6, 6.07) is 14.5. The molecule has 1 amide bonds. The molecular weight excluding hydrogens is 426 g/mol. The van der Waals surface area contributed by atoms with Crippen LogP contribution >= 0.6 is 0 Å². The molecule has 174 valence electrons. The minimum absolute atomic E-state index is 0.114. The van der Waals surface area contributed by atoms with Gasteiger partial charge >= 0.3 is 0 Å². The number of rotatable bonds is 9. The van der Waals surface area contributed by atoms with E-state index in [1.54, 1.807) is 25.3 Å². The predicted octanol–water partition coefficient (Wildman–Crippen LogP) is 2.73. The molecule has 1 aliphatic rings. The van der Waals surface area contributed by atoms with Gasteiger partial charge in [-0.15, -0.1) is 0 Å². The third-order valence-corrected chi connectivity index (χ3v) is 8.01. The normalized spacial score (nSPS) is 15.2. The minimum atomic E-state index is -3.59. The molecule has 1 aliphatic heterocycles. The van der Waals surface area contributed by atoms with Crippen LogP contribution in [0.15, 0.2) is 53.4 Å². The second-order valence-corrected chi connectivity index (χ2v) is 9.79. The first kappa shape index (κ1) is 24.2. The Kier molecular flexibility index (Phi) is 8.28. The molecular formula is C24H33N3O4S. The van der Waals surface area contributed by atoms with Crippen molar-refractivity contribution < 1.29 is 17.9 Å². The molecule has 0 aromatic heterocycles. The minimum Gasteiger partial charge on any atom is -0.497 e. The van der Waals surface area contributed by atoms with E-state index in [1.807, 2.05) is 30.9 Å². The maximum atomic E-state index is 13.0. The van der Waals surface area contributed by atoms with Gasteiger partial charge in [0.1, 0.15) is 5.75 Å². The molecule has 7 nitrogen and oxygen atoms in total. The Morgan fingerprint density at radius 2 is 1.66 bits per heavy atom. The summed E-state index contributed by atoms with van der Waals surface area (Å²) in [6.45, 7) is 8.23. The first-order valence-corrected chi connectivity index (χ1v) is 12.6. The quantitative estimate of drug-likeness (QED) is 0.577. The number of piperazine rings is 1. The third kappa shape index (κ3) is 5.68. The number of nitrogens with zero attached hydrogens (tertiary/aromatic N) is 3. The van der Waals surface area contributed by atoms with Crippen LogP contribution in [-0.4, -0.2) is 81.4 Å². The highest BCUT2D eigenvalue weighted by Crippen LogP contribution is 2.19. The fraction of sp³-hybridized carbons (Fsp3) is 0.458. The first-order valence-electron chi connectivity index (χ1n) is 11.1. The Morgan fingerprint density at radius 1 is 1.00 bits per heavy atom. The van der Waals surface area contributed by atoms with Gasteiger partial charge in [0.05, 0.1) is 12.0 Å². The van der Waals surface area contributed by atoms with E-state index in [-0.39, 0.29) is 10.8 Å². The number of methoxy groups -OCH3 is 1. The molecule has 0 atom stereocenters. The monoisotopic (exact) mass is 459 g/mol. The smallest absolute Gasteiger partial charge is 0.253 e. The number of amides is 1. The van der Waals surface area contributed by atoms with Gasteiger partial charge in [-0.2, -0.15) is 4.31 Å². The van der Waals surface area contributed by atoms with Crippen molar-refractivity contribution in [2.75, 3.05) is 52.9 Å². The summed E-state index contributed by atoms with van der Waals surface area (Å²) in [6.07, 6.45) is 0.948. The van der Waals surface area contributed by atoms with Crippen LogP contribution in [0.5, 0.6) is 5.75 Å². The molecule has 1 fully saturated rings. The van der Waals surface area contributed by atoms with E-state index in [2.05, 4.69) is 17.0 Å². The lowest BCUT2D eigenvalue weighted by Gasteiger charge is -2.35. The summed E-state index contributed by atoms with van der Waals surface area (Å²) in [4.78, 5) is 17.4. The zero-order chi connectivity index (χ0) is 23.1. The molecule has 0 radical (unpaired) electrons. The van der Waals surface area contributed by atoms with E-state index in [0.717, 1.165) is 31.8 Å². The van der Waals surface area contributed by atoms with E-state index < -0.39 is 10.0 Å². The number of hydrogen-bond acceptors (Lipinski definition) is 5. The lowest BCUT2D eigenvalue weighted by Crippen LogP contribution is -2.49. The molecule has 1 heterocycles. The third-order valence-electron chi connectivity index (χ3n) is 5.96. The first-order chi connectivity index (χ1) is 15.4. The zero-order valence-corrected chi connectivity index (χ0v) is 20.0. The van der Waals surface area contributed by atoms with Crippen molar-refractivity contribution in [1.82, 2.24) is 14.1 Å². The fourth-order valence-electron chi connectivity index (χ4n) is 3.94. The maximum Gasteiger partial charge on any atom is 0.253 e. The second-order valence-electron chi connectivity index (χ2n) is 7.85. The SMILES string of the molecule is CCN(CC)S(=O)(=O)c1cccc(C(=O)N2CCN(CCc3ccc(OC)cc3)CC2)c1. The Bertz CT molecular complexity index is 996. The standard InChI is InChI=1S/C24H33N3O4S/c1-4-27(5-2)32(29,30)23-8-6-7-21(19-23)24(28)26-17-15-25(16-18-26)14-13-20-9-11-22(31-3)12-10-20/h6-12,19H,4-5,13-18H2,1-3H3. The van der Waals surface area contributed by atoms with Crippen LogP contribution in [0, 0.1) is 0 Å². The van der Waals surface area contributed by atoms with Gasteiger partial charge in [-0.3, -0.25) is 9.69 Å². The molecule has 2 aromatic carbocycles. The van der Waals surface area contributed by atoms with Gasteiger partial charge in [-0.05, 0) is 42.3 Å². The molecule has 32 heavy (non-hydrogen) atoms. The Balaban J connectivity index is 1.57. The van der Waals surface area contributed by atoms with Gasteiger partial charge in [0.25, 0.3) is 5.91 Å². The zero-order valence-electron chi connectivity index (χ0n) is 19.2. The highest BCUT2D eigenvalue weighted by Gasteiger charge is 2.25. The number of ether oxygens (including phenoxy) is 1. The van der Waals surface area contributed by atoms with E-state index in [0.29, 0.717) is 31.7 Å². The number of carbonyl (C=O) groups is 1. The summed E-state index contributed by atoms with van der Waals surface area (Å²) in [7, 11) is -1.93. The highest BCUT2D eigenvalue weighted by atomic mass is 32.2. The highest BCUT2D eigenvalue weighted by molar-refractivity contribution is 7.89. The van der Waals surface area contributed by atoms with Crippen molar-refractivity contribution in [3.8, 4) is 5.75 Å². The average molecular weight is 460 g/mol. The van der Waals surface area contributed by atoms with Crippen molar-refractivity contribution in [3.63, 3.8) is 0 Å². The van der Waals surface area contributed by atoms with E-state index in [4.69, 9.17) is 4.74 Å². The largest absolute Gasteiger partial charge is 0.497 e. The molecule has 8 heteroatoms. The average Bonchev–Trinajstić information content (AvgIpc) is 2.83. The molecule has 0 spiro atoms. The Hall–Kier alpha value is -2.42. The molecule has 0 N–H and O–H groups in total. The number of sulfonamides is 1. The lowest BCUT2D eigenvalue weighted by atomic mass is 10.1. The summed E-state index contributed by atoms with van der Waals surface area (Å²) >= 11 is 0. The number of carbonyl (C=O) groups excluding carboxylic acids is 1. The molecule has 0 unspecified atom stereocenters. The maximum absolute atomic E-state index is 13.0. The van der Waals surface area contributed by atoms with Gasteiger partial charge in [-0.25, -0.2) is 8.42 Å². The van der Waals surface area contributed by atoms with E-state index in [9.17, 15) is 13.2 Å². The molecule has 3 rings (SSSR count). The van der Waals surface area contributed by atoms with Crippen LogP contribution in [0.25, 0.3) is 0 Å². The fourth-order valence-corrected chi connectivity index (χ4v) is 5.44. The Labute approximate surface area is 191 Å². The van der Waals surface area contributed by atoms with Crippen LogP contribution in [0.4, 0.5) is 0 Å². The second kappa shape index (κ2) is 10.9. The summed E-state index contributed by atoms with van der Waals surface area (Å²) in [5.41, 5.74) is 1.68. The van der Waals surface area contributed by atoms with Crippen LogP contribution in [0.3, 0.4) is 0 Å². The van der Waals surface area contributed by atoms with E-state index in [1.165, 1.54) is 15.9 Å². The predicted molar refractivity (Wildman–Crippen MR) is 126 cm³/mol. The van der Waals surface area contributed by atoms with Gasteiger partial charge in [0.2, 0.25) is 10.0 Å². The van der Waals surface area contributed by atoms with Gasteiger partial charge < -0.3 is 9.64 Å². The molecule has 2 aromatic rings. The van der Waals surface area contributed by atoms with Crippen molar-refractivity contribution in [2.24, 2.45) is 0 Å². The van der Waals surface area contributed by atoms with Gasteiger partial charge in [0, 0.05) is 51.4 Å². The summed E-state index contributed by atoms with van der Waals surface area (Å²) in [5, 5.41) is 0. The van der Waals surface area contributed by atoms with Crippen molar-refractivity contribution in [2.45, 2.75) is 25.2 Å². The summed E-state index contributed by atoms with van der Waals surface area (Å²) in [5.74, 6) is 0.742. The molecule has 1 saturated heterocycles. The summed E-state index contributed by atoms with van der Waals surface area (Å²) < 4.78 is 32.2.